The number of ether oxygens (including phenoxy) is 1. The Morgan fingerprint density at radius 2 is 1.53 bits per heavy atom. The normalized spacial score (nSPS) is 15.5. The van der Waals surface area contributed by atoms with E-state index in [1.165, 1.54) is 11.8 Å². The highest BCUT2D eigenvalue weighted by molar-refractivity contribution is 8.27. The van der Waals surface area contributed by atoms with Crippen LogP contribution in [-0.2, 0) is 4.79 Å². The van der Waals surface area contributed by atoms with Crippen LogP contribution in [0.3, 0.4) is 0 Å². The molecule has 32 heavy (non-hydrogen) atoms. The molecule has 4 aromatic rings. The number of thiocarbonyl (C=S) groups is 1. The Labute approximate surface area is 196 Å². The lowest BCUT2D eigenvalue weighted by molar-refractivity contribution is -0.113. The molecule has 4 aromatic carbocycles. The molecule has 1 heterocycles. The minimum absolute atomic E-state index is 0.0218. The molecule has 158 valence electrons. The van der Waals surface area contributed by atoms with Crippen molar-refractivity contribution in [3.05, 3.63) is 89.3 Å². The van der Waals surface area contributed by atoms with Crippen LogP contribution in [0.4, 0.5) is 5.69 Å². The van der Waals surface area contributed by atoms with Crippen LogP contribution < -0.4 is 9.64 Å². The highest BCUT2D eigenvalue weighted by Crippen LogP contribution is 2.41. The van der Waals surface area contributed by atoms with Gasteiger partial charge in [-0.3, -0.25) is 9.69 Å². The summed E-state index contributed by atoms with van der Waals surface area (Å²) in [6, 6.07) is 26.1. The van der Waals surface area contributed by atoms with Crippen molar-refractivity contribution in [1.82, 2.24) is 0 Å². The predicted octanol–water partition coefficient (Wildman–Crippen LogP) is 7.19. The van der Waals surface area contributed by atoms with Crippen LogP contribution in [-0.4, -0.2) is 16.3 Å². The Kier molecular flexibility index (Phi) is 5.45. The molecule has 1 saturated heterocycles. The van der Waals surface area contributed by atoms with Gasteiger partial charge in [0, 0.05) is 10.9 Å². The van der Waals surface area contributed by atoms with Crippen molar-refractivity contribution in [2.24, 2.45) is 0 Å². The first-order chi connectivity index (χ1) is 15.5. The smallest absolute Gasteiger partial charge is 0.270 e. The molecule has 1 amide bonds. The van der Waals surface area contributed by atoms with Gasteiger partial charge in [0.05, 0.1) is 16.7 Å². The fraction of sp³-hybridized carbons (Fsp3) is 0.111. The lowest BCUT2D eigenvalue weighted by atomic mass is 10.0. The van der Waals surface area contributed by atoms with Gasteiger partial charge in [-0.2, -0.15) is 0 Å². The van der Waals surface area contributed by atoms with E-state index in [4.69, 9.17) is 17.0 Å². The molecular weight excluding hydrogens is 434 g/mol. The molecule has 5 heteroatoms. The number of carbonyl (C=O) groups excluding carboxylic acids is 1. The van der Waals surface area contributed by atoms with Gasteiger partial charge in [-0.1, -0.05) is 90.7 Å². The van der Waals surface area contributed by atoms with E-state index in [9.17, 15) is 4.79 Å². The van der Waals surface area contributed by atoms with Crippen molar-refractivity contribution in [3.63, 3.8) is 0 Å². The highest BCUT2D eigenvalue weighted by Gasteiger charge is 2.34. The first kappa shape index (κ1) is 20.7. The van der Waals surface area contributed by atoms with Crippen molar-refractivity contribution in [2.75, 3.05) is 4.90 Å². The molecule has 0 saturated carbocycles. The zero-order valence-corrected chi connectivity index (χ0v) is 19.4. The van der Waals surface area contributed by atoms with E-state index >= 15 is 0 Å². The molecule has 3 nitrogen and oxygen atoms in total. The van der Waals surface area contributed by atoms with Crippen LogP contribution in [0.2, 0.25) is 0 Å². The van der Waals surface area contributed by atoms with Crippen LogP contribution in [0.25, 0.3) is 27.6 Å². The molecule has 1 fully saturated rings. The zero-order chi connectivity index (χ0) is 22.2. The van der Waals surface area contributed by atoms with Crippen LogP contribution in [0.15, 0.2) is 83.8 Å². The van der Waals surface area contributed by atoms with E-state index in [1.807, 2.05) is 86.7 Å². The number of carbonyl (C=O) groups is 1. The van der Waals surface area contributed by atoms with Crippen molar-refractivity contribution in [3.8, 4) is 5.75 Å². The number of fused-ring (bicyclic) bond motifs is 2. The van der Waals surface area contributed by atoms with E-state index in [1.54, 1.807) is 4.90 Å². The number of hydrogen-bond donors (Lipinski definition) is 0. The number of anilines is 1. The van der Waals surface area contributed by atoms with Crippen LogP contribution in [0.5, 0.6) is 5.75 Å². The van der Waals surface area contributed by atoms with E-state index < -0.39 is 0 Å². The second-order valence-corrected chi connectivity index (χ2v) is 9.56. The fourth-order valence-electron chi connectivity index (χ4n) is 3.99. The monoisotopic (exact) mass is 455 g/mol. The minimum atomic E-state index is -0.111. The van der Waals surface area contributed by atoms with E-state index in [-0.39, 0.29) is 12.0 Å². The zero-order valence-electron chi connectivity index (χ0n) is 17.7. The Morgan fingerprint density at radius 3 is 2.28 bits per heavy atom. The summed E-state index contributed by atoms with van der Waals surface area (Å²) in [6.07, 6.45) is 1.94. The molecule has 0 aromatic heterocycles. The average Bonchev–Trinajstić information content (AvgIpc) is 3.07. The Balaban J connectivity index is 1.63. The molecule has 1 aliphatic heterocycles. The predicted molar refractivity (Wildman–Crippen MR) is 139 cm³/mol. The third-order valence-corrected chi connectivity index (χ3v) is 6.67. The van der Waals surface area contributed by atoms with E-state index in [0.717, 1.165) is 38.5 Å². The summed E-state index contributed by atoms with van der Waals surface area (Å²) in [6.45, 7) is 4.00. The summed E-state index contributed by atoms with van der Waals surface area (Å²) < 4.78 is 6.61. The SMILES string of the molecule is CC(C)Oc1ccc2ccccc2c1/C=C1\SC(=S)N(c2cccc3ccccc23)C1=O. The summed E-state index contributed by atoms with van der Waals surface area (Å²) in [5.74, 6) is 0.647. The second-order valence-electron chi connectivity index (χ2n) is 7.88. The maximum absolute atomic E-state index is 13.5. The number of nitrogens with zero attached hydrogens (tertiary/aromatic N) is 1. The Morgan fingerprint density at radius 1 is 0.875 bits per heavy atom. The topological polar surface area (TPSA) is 29.5 Å². The first-order valence-electron chi connectivity index (χ1n) is 10.5. The molecule has 5 rings (SSSR count). The Bertz CT molecular complexity index is 1400. The third-order valence-electron chi connectivity index (χ3n) is 5.37. The van der Waals surface area contributed by atoms with Gasteiger partial charge in [0.2, 0.25) is 0 Å². The quantitative estimate of drug-likeness (QED) is 0.241. The van der Waals surface area contributed by atoms with Gasteiger partial charge in [0.1, 0.15) is 5.75 Å². The van der Waals surface area contributed by atoms with Gasteiger partial charge in [-0.25, -0.2) is 0 Å². The van der Waals surface area contributed by atoms with Crippen LogP contribution in [0.1, 0.15) is 19.4 Å². The Hall–Kier alpha value is -3.15. The van der Waals surface area contributed by atoms with Crippen molar-refractivity contribution in [1.29, 1.82) is 0 Å². The number of hydrogen-bond acceptors (Lipinski definition) is 4. The lowest BCUT2D eigenvalue weighted by Gasteiger charge is -2.17. The summed E-state index contributed by atoms with van der Waals surface area (Å²) in [5, 5.41) is 4.21. The van der Waals surface area contributed by atoms with Gasteiger partial charge in [0.15, 0.2) is 4.32 Å². The second kappa shape index (κ2) is 8.41. The molecule has 0 spiro atoms. The lowest BCUT2D eigenvalue weighted by Crippen LogP contribution is -2.27. The van der Waals surface area contributed by atoms with Gasteiger partial charge >= 0.3 is 0 Å². The van der Waals surface area contributed by atoms with Gasteiger partial charge in [0.25, 0.3) is 5.91 Å². The maximum atomic E-state index is 13.5. The molecule has 0 unspecified atom stereocenters. The van der Waals surface area contributed by atoms with Crippen molar-refractivity contribution in [2.45, 2.75) is 20.0 Å². The van der Waals surface area contributed by atoms with Crippen LogP contribution >= 0.6 is 24.0 Å². The van der Waals surface area contributed by atoms with Crippen LogP contribution in [0, 0.1) is 0 Å². The third kappa shape index (κ3) is 3.68. The number of rotatable bonds is 4. The summed E-state index contributed by atoms with van der Waals surface area (Å²) in [7, 11) is 0. The summed E-state index contributed by atoms with van der Waals surface area (Å²) >= 11 is 6.98. The molecule has 0 bridgehead atoms. The molecule has 0 radical (unpaired) electrons. The first-order valence-corrected chi connectivity index (χ1v) is 11.7. The van der Waals surface area contributed by atoms with E-state index in [0.29, 0.717) is 9.23 Å². The van der Waals surface area contributed by atoms with Gasteiger partial charge in [-0.15, -0.1) is 0 Å². The minimum Gasteiger partial charge on any atom is -0.490 e. The fourth-order valence-corrected chi connectivity index (χ4v) is 5.26. The number of benzene rings is 4. The average molecular weight is 456 g/mol. The molecular formula is C27H21NO2S2. The number of thioether (sulfide) groups is 1. The van der Waals surface area contributed by atoms with Gasteiger partial charge in [-0.05, 0) is 48.2 Å². The highest BCUT2D eigenvalue weighted by atomic mass is 32.2. The number of amides is 1. The summed E-state index contributed by atoms with van der Waals surface area (Å²) in [4.78, 5) is 15.8. The molecule has 0 aliphatic carbocycles. The summed E-state index contributed by atoms with van der Waals surface area (Å²) in [5.41, 5.74) is 1.71. The largest absolute Gasteiger partial charge is 0.490 e. The van der Waals surface area contributed by atoms with Crippen molar-refractivity contribution < 1.29 is 9.53 Å². The van der Waals surface area contributed by atoms with Crippen molar-refractivity contribution >= 4 is 67.5 Å². The van der Waals surface area contributed by atoms with Gasteiger partial charge < -0.3 is 4.74 Å². The molecule has 0 N–H and O–H groups in total. The standard InChI is InChI=1S/C27H21NO2S2/c1-17(2)30-24-15-14-19-9-3-5-11-20(19)22(24)16-25-26(29)28(27(31)32-25)23-13-7-10-18-8-4-6-12-21(18)23/h3-17H,1-2H3/b25-16-. The van der Waals surface area contributed by atoms with E-state index in [2.05, 4.69) is 12.1 Å². The molecule has 0 atom stereocenters. The maximum Gasteiger partial charge on any atom is 0.270 e. The molecule has 1 aliphatic rings.